The smallest absolute Gasteiger partial charge is 0.0546 e. The molecule has 0 amide bonds. The number of hydrogen-bond donors (Lipinski definition) is 1. The fourth-order valence-electron chi connectivity index (χ4n) is 4.07. The molecule has 2 rings (SSSR count). The predicted octanol–water partition coefficient (Wildman–Crippen LogP) is 1.42. The van der Waals surface area contributed by atoms with Crippen LogP contribution in [0.25, 0.3) is 0 Å². The van der Waals surface area contributed by atoms with Gasteiger partial charge in [0.2, 0.25) is 0 Å². The van der Waals surface area contributed by atoms with Crippen LogP contribution in [0.3, 0.4) is 0 Å². The Morgan fingerprint density at radius 1 is 1.05 bits per heavy atom. The molecule has 1 atom stereocenters. The minimum atomic E-state index is 0.305. The molecule has 0 aromatic rings. The molecule has 1 saturated heterocycles. The van der Waals surface area contributed by atoms with Gasteiger partial charge in [0.15, 0.2) is 0 Å². The van der Waals surface area contributed by atoms with Crippen molar-refractivity contribution in [2.75, 3.05) is 61.0 Å². The minimum absolute atomic E-state index is 0.305. The lowest BCUT2D eigenvalue weighted by Crippen LogP contribution is -2.58. The van der Waals surface area contributed by atoms with Crippen molar-refractivity contribution in [3.05, 3.63) is 0 Å². The van der Waals surface area contributed by atoms with Crippen LogP contribution in [0, 0.1) is 5.41 Å². The summed E-state index contributed by atoms with van der Waals surface area (Å²) in [5, 5.41) is 3.38. The van der Waals surface area contributed by atoms with E-state index in [0.717, 1.165) is 26.3 Å². The molecule has 0 aromatic heterocycles. The summed E-state index contributed by atoms with van der Waals surface area (Å²) in [6.45, 7) is 5.24. The predicted molar refractivity (Wildman–Crippen MR) is 84.2 cm³/mol. The van der Waals surface area contributed by atoms with E-state index in [1.165, 1.54) is 38.6 Å². The van der Waals surface area contributed by atoms with Gasteiger partial charge in [0.25, 0.3) is 0 Å². The molecule has 4 heteroatoms. The Morgan fingerprint density at radius 3 is 2.25 bits per heavy atom. The van der Waals surface area contributed by atoms with Gasteiger partial charge in [-0.3, -0.25) is 0 Å². The van der Waals surface area contributed by atoms with Gasteiger partial charge in [0, 0.05) is 37.2 Å². The van der Waals surface area contributed by atoms with Crippen molar-refractivity contribution in [2.24, 2.45) is 5.41 Å². The van der Waals surface area contributed by atoms with E-state index in [1.807, 2.05) is 0 Å². The third-order valence-electron chi connectivity index (χ3n) is 5.36. The molecular weight excluding hydrogens is 250 g/mol. The molecule has 4 nitrogen and oxygen atoms in total. The monoisotopic (exact) mass is 283 g/mol. The number of nitrogens with zero attached hydrogens (tertiary/aromatic N) is 2. The Bertz CT molecular complexity index is 291. The summed E-state index contributed by atoms with van der Waals surface area (Å²) >= 11 is 0. The fourth-order valence-corrected chi connectivity index (χ4v) is 4.07. The van der Waals surface area contributed by atoms with E-state index >= 15 is 0 Å². The topological polar surface area (TPSA) is 27.7 Å². The Labute approximate surface area is 124 Å². The van der Waals surface area contributed by atoms with Crippen molar-refractivity contribution in [1.82, 2.24) is 15.1 Å². The number of likely N-dealkylation sites (N-methyl/N-ethyl adjacent to an activating group) is 2. The Balaban J connectivity index is 1.92. The number of ether oxygens (including phenoxy) is 1. The van der Waals surface area contributed by atoms with Crippen LogP contribution in [0.2, 0.25) is 0 Å². The van der Waals surface area contributed by atoms with E-state index in [9.17, 15) is 0 Å². The van der Waals surface area contributed by atoms with E-state index < -0.39 is 0 Å². The van der Waals surface area contributed by atoms with Crippen LogP contribution >= 0.6 is 0 Å². The first kappa shape index (κ1) is 16.2. The normalized spacial score (nSPS) is 29.7. The Kier molecular flexibility index (Phi) is 5.46. The Hall–Kier alpha value is -0.160. The first-order valence-electron chi connectivity index (χ1n) is 8.10. The van der Waals surface area contributed by atoms with Crippen LogP contribution in [0.1, 0.15) is 32.1 Å². The van der Waals surface area contributed by atoms with Gasteiger partial charge in [-0.1, -0.05) is 0 Å². The van der Waals surface area contributed by atoms with E-state index in [4.69, 9.17) is 4.74 Å². The molecule has 20 heavy (non-hydrogen) atoms. The molecule has 1 heterocycles. The minimum Gasteiger partial charge on any atom is -0.381 e. The van der Waals surface area contributed by atoms with Crippen molar-refractivity contribution in [3.63, 3.8) is 0 Å². The van der Waals surface area contributed by atoms with Crippen LogP contribution in [-0.2, 0) is 4.74 Å². The van der Waals surface area contributed by atoms with Gasteiger partial charge >= 0.3 is 0 Å². The summed E-state index contributed by atoms with van der Waals surface area (Å²) in [7, 11) is 8.82. The van der Waals surface area contributed by atoms with Gasteiger partial charge in [-0.25, -0.2) is 0 Å². The highest BCUT2D eigenvalue weighted by Crippen LogP contribution is 2.37. The summed E-state index contributed by atoms with van der Waals surface area (Å²) in [5.74, 6) is 0. The lowest BCUT2D eigenvalue weighted by molar-refractivity contribution is -0.0374. The largest absolute Gasteiger partial charge is 0.381 e. The lowest BCUT2D eigenvalue weighted by Gasteiger charge is -2.50. The van der Waals surface area contributed by atoms with Gasteiger partial charge in [0.1, 0.15) is 0 Å². The van der Waals surface area contributed by atoms with Gasteiger partial charge in [-0.05, 0) is 60.3 Å². The molecule has 1 aliphatic heterocycles. The SMILES string of the molecule is CNCC1(CN(C)CC2(N(C)C)CCC2)CCCOC1. The maximum absolute atomic E-state index is 5.78. The number of hydrogen-bond acceptors (Lipinski definition) is 4. The molecule has 118 valence electrons. The summed E-state index contributed by atoms with van der Waals surface area (Å²) in [6.07, 6.45) is 6.57. The second kappa shape index (κ2) is 6.73. The highest BCUT2D eigenvalue weighted by atomic mass is 16.5. The molecule has 2 fully saturated rings. The zero-order valence-electron chi connectivity index (χ0n) is 13.9. The first-order chi connectivity index (χ1) is 9.52. The summed E-state index contributed by atoms with van der Waals surface area (Å²) < 4.78 is 5.78. The molecule has 0 spiro atoms. The second-order valence-corrected chi connectivity index (χ2v) is 7.33. The van der Waals surface area contributed by atoms with Gasteiger partial charge in [-0.2, -0.15) is 0 Å². The average molecular weight is 283 g/mol. The van der Waals surface area contributed by atoms with Crippen molar-refractivity contribution in [3.8, 4) is 0 Å². The molecule has 1 N–H and O–H groups in total. The number of rotatable bonds is 7. The summed E-state index contributed by atoms with van der Waals surface area (Å²) in [4.78, 5) is 4.99. The van der Waals surface area contributed by atoms with Crippen LogP contribution < -0.4 is 5.32 Å². The summed E-state index contributed by atoms with van der Waals surface area (Å²) in [6, 6.07) is 0. The van der Waals surface area contributed by atoms with Crippen molar-refractivity contribution in [2.45, 2.75) is 37.6 Å². The highest BCUT2D eigenvalue weighted by Gasteiger charge is 2.41. The maximum atomic E-state index is 5.78. The van der Waals surface area contributed by atoms with Crippen molar-refractivity contribution in [1.29, 1.82) is 0 Å². The molecule has 1 aliphatic carbocycles. The molecular formula is C16H33N3O. The van der Waals surface area contributed by atoms with Crippen LogP contribution in [-0.4, -0.2) is 76.4 Å². The van der Waals surface area contributed by atoms with Gasteiger partial charge < -0.3 is 19.9 Å². The lowest BCUT2D eigenvalue weighted by atomic mass is 9.74. The van der Waals surface area contributed by atoms with Gasteiger partial charge in [-0.15, -0.1) is 0 Å². The number of nitrogens with one attached hydrogen (secondary N) is 1. The van der Waals surface area contributed by atoms with Crippen LogP contribution in [0.15, 0.2) is 0 Å². The maximum Gasteiger partial charge on any atom is 0.0546 e. The highest BCUT2D eigenvalue weighted by molar-refractivity contribution is 4.99. The van der Waals surface area contributed by atoms with E-state index in [0.29, 0.717) is 11.0 Å². The molecule has 2 aliphatic rings. The van der Waals surface area contributed by atoms with E-state index in [-0.39, 0.29) is 0 Å². The van der Waals surface area contributed by atoms with Gasteiger partial charge in [0.05, 0.1) is 6.61 Å². The molecule has 0 radical (unpaired) electrons. The molecule has 1 unspecified atom stereocenters. The zero-order valence-corrected chi connectivity index (χ0v) is 13.9. The Morgan fingerprint density at radius 2 is 1.80 bits per heavy atom. The van der Waals surface area contributed by atoms with Crippen molar-refractivity contribution < 1.29 is 4.74 Å². The molecule has 0 aromatic carbocycles. The fraction of sp³-hybridized carbons (Fsp3) is 1.00. The standard InChI is InChI=1S/C16H33N3O/c1-17-11-15(7-6-10-20-14-15)12-19(4)13-16(18(2)3)8-5-9-16/h17H,5-14H2,1-4H3. The third-order valence-corrected chi connectivity index (χ3v) is 5.36. The molecule has 1 saturated carbocycles. The van der Waals surface area contributed by atoms with Crippen LogP contribution in [0.4, 0.5) is 0 Å². The van der Waals surface area contributed by atoms with Crippen LogP contribution in [0.5, 0.6) is 0 Å². The molecule has 0 bridgehead atoms. The van der Waals surface area contributed by atoms with Crippen molar-refractivity contribution >= 4 is 0 Å². The van der Waals surface area contributed by atoms with E-state index in [1.54, 1.807) is 0 Å². The summed E-state index contributed by atoms with van der Waals surface area (Å²) in [5.41, 5.74) is 0.726. The first-order valence-corrected chi connectivity index (χ1v) is 8.10. The third kappa shape index (κ3) is 3.53. The van der Waals surface area contributed by atoms with E-state index in [2.05, 4.69) is 43.3 Å². The average Bonchev–Trinajstić information content (AvgIpc) is 2.34. The second-order valence-electron chi connectivity index (χ2n) is 7.33. The zero-order chi connectivity index (χ0) is 14.6. The quantitative estimate of drug-likeness (QED) is 0.765.